The highest BCUT2D eigenvalue weighted by Gasteiger charge is 2.49. The molecule has 0 amide bonds. The van der Waals surface area contributed by atoms with E-state index in [1.165, 1.54) is 0 Å². The lowest BCUT2D eigenvalue weighted by molar-refractivity contribution is -0.142. The minimum Gasteiger partial charge on any atom is -0.481 e. The quantitative estimate of drug-likeness (QED) is 0.870. The maximum Gasteiger partial charge on any atom is 0.308 e. The van der Waals surface area contributed by atoms with Gasteiger partial charge in [0.15, 0.2) is 0 Å². The van der Waals surface area contributed by atoms with Crippen LogP contribution in [-0.2, 0) is 11.3 Å². The smallest absolute Gasteiger partial charge is 0.308 e. The number of aliphatic carboxylic acids is 1. The second-order valence-corrected chi connectivity index (χ2v) is 5.25. The molecular weight excluding hydrogens is 230 g/mol. The van der Waals surface area contributed by atoms with Gasteiger partial charge in [0, 0.05) is 24.8 Å². The first-order chi connectivity index (χ1) is 8.65. The van der Waals surface area contributed by atoms with Crippen LogP contribution in [0.1, 0.15) is 30.8 Å². The van der Waals surface area contributed by atoms with Gasteiger partial charge in [-0.2, -0.15) is 0 Å². The standard InChI is InChI=1S/C13H17N3O2/c1-8-14-5-4-9(15-8)7-16-10-2-3-12(16)11(6-10)13(17)18/h4-5,10-12H,2-3,6-7H2,1H3,(H,17,18). The van der Waals surface area contributed by atoms with Crippen molar-refractivity contribution in [3.8, 4) is 0 Å². The van der Waals surface area contributed by atoms with Crippen molar-refractivity contribution in [1.82, 2.24) is 14.9 Å². The van der Waals surface area contributed by atoms with Crippen molar-refractivity contribution in [3.05, 3.63) is 23.8 Å². The lowest BCUT2D eigenvalue weighted by atomic mass is 9.89. The van der Waals surface area contributed by atoms with Crippen molar-refractivity contribution >= 4 is 5.97 Å². The van der Waals surface area contributed by atoms with Gasteiger partial charge in [-0.3, -0.25) is 9.69 Å². The van der Waals surface area contributed by atoms with E-state index in [4.69, 9.17) is 0 Å². The maximum absolute atomic E-state index is 11.2. The van der Waals surface area contributed by atoms with Crippen LogP contribution in [0.4, 0.5) is 0 Å². The molecule has 0 saturated carbocycles. The Hall–Kier alpha value is -1.49. The molecule has 1 N–H and O–H groups in total. The van der Waals surface area contributed by atoms with E-state index in [9.17, 15) is 9.90 Å². The van der Waals surface area contributed by atoms with Crippen LogP contribution in [0.3, 0.4) is 0 Å². The van der Waals surface area contributed by atoms with E-state index in [0.29, 0.717) is 6.04 Å². The van der Waals surface area contributed by atoms with Crippen LogP contribution in [0, 0.1) is 12.8 Å². The summed E-state index contributed by atoms with van der Waals surface area (Å²) in [4.78, 5) is 22.0. The molecule has 3 rings (SSSR count). The first kappa shape index (κ1) is 11.6. The Morgan fingerprint density at radius 1 is 1.56 bits per heavy atom. The lowest BCUT2D eigenvalue weighted by Crippen LogP contribution is -2.32. The van der Waals surface area contributed by atoms with Crippen LogP contribution in [0.5, 0.6) is 0 Å². The van der Waals surface area contributed by atoms with Crippen LogP contribution in [-0.4, -0.2) is 38.0 Å². The Bertz CT molecular complexity index is 477. The molecule has 2 fully saturated rings. The number of carboxylic acids is 1. The number of hydrogen-bond acceptors (Lipinski definition) is 4. The number of rotatable bonds is 3. The number of carboxylic acid groups (broad SMARTS) is 1. The molecule has 96 valence electrons. The molecule has 5 heteroatoms. The summed E-state index contributed by atoms with van der Waals surface area (Å²) in [7, 11) is 0. The normalized spacial score (nSPS) is 30.8. The molecule has 2 aliphatic heterocycles. The molecule has 0 aliphatic carbocycles. The molecule has 18 heavy (non-hydrogen) atoms. The van der Waals surface area contributed by atoms with Crippen molar-refractivity contribution in [3.63, 3.8) is 0 Å². The Morgan fingerprint density at radius 3 is 3.06 bits per heavy atom. The Morgan fingerprint density at radius 2 is 2.39 bits per heavy atom. The molecule has 2 bridgehead atoms. The summed E-state index contributed by atoms with van der Waals surface area (Å²) < 4.78 is 0. The predicted molar refractivity (Wildman–Crippen MR) is 64.9 cm³/mol. The molecule has 1 aromatic heterocycles. The second kappa shape index (κ2) is 4.31. The van der Waals surface area contributed by atoms with E-state index < -0.39 is 5.97 Å². The summed E-state index contributed by atoms with van der Waals surface area (Å²) in [6.45, 7) is 2.63. The molecule has 3 heterocycles. The van der Waals surface area contributed by atoms with Crippen molar-refractivity contribution in [2.45, 2.75) is 44.8 Å². The maximum atomic E-state index is 11.2. The fourth-order valence-electron chi connectivity index (χ4n) is 3.39. The van der Waals surface area contributed by atoms with Crippen LogP contribution in [0.2, 0.25) is 0 Å². The topological polar surface area (TPSA) is 66.3 Å². The summed E-state index contributed by atoms with van der Waals surface area (Å²) in [6, 6.07) is 2.54. The third-order valence-electron chi connectivity index (χ3n) is 4.18. The Labute approximate surface area is 106 Å². The zero-order valence-electron chi connectivity index (χ0n) is 10.4. The highest BCUT2D eigenvalue weighted by atomic mass is 16.4. The van der Waals surface area contributed by atoms with Gasteiger partial charge in [-0.05, 0) is 32.3 Å². The van der Waals surface area contributed by atoms with Gasteiger partial charge >= 0.3 is 5.97 Å². The van der Waals surface area contributed by atoms with Gasteiger partial charge in [-0.1, -0.05) is 0 Å². The SMILES string of the molecule is Cc1nccc(CN2C3CCC2C(C(=O)O)C3)n1. The number of hydrogen-bond donors (Lipinski definition) is 1. The van der Waals surface area contributed by atoms with Crippen LogP contribution < -0.4 is 0 Å². The van der Waals surface area contributed by atoms with Crippen molar-refractivity contribution in [1.29, 1.82) is 0 Å². The number of nitrogens with zero attached hydrogens (tertiary/aromatic N) is 3. The third-order valence-corrected chi connectivity index (χ3v) is 4.18. The average Bonchev–Trinajstić information content (AvgIpc) is 2.86. The monoisotopic (exact) mass is 247 g/mol. The number of fused-ring (bicyclic) bond motifs is 2. The van der Waals surface area contributed by atoms with E-state index in [0.717, 1.165) is 37.3 Å². The second-order valence-electron chi connectivity index (χ2n) is 5.25. The minimum atomic E-state index is -0.647. The average molecular weight is 247 g/mol. The summed E-state index contributed by atoms with van der Waals surface area (Å²) in [5.41, 5.74) is 0.991. The molecule has 0 spiro atoms. The Kier molecular flexibility index (Phi) is 2.78. The largest absolute Gasteiger partial charge is 0.481 e. The van der Waals surface area contributed by atoms with Crippen molar-refractivity contribution in [2.24, 2.45) is 5.92 Å². The molecule has 3 unspecified atom stereocenters. The third kappa shape index (κ3) is 1.88. The molecule has 3 atom stereocenters. The minimum absolute atomic E-state index is 0.188. The predicted octanol–water partition coefficient (Wildman–Crippen LogP) is 1.22. The summed E-state index contributed by atoms with van der Waals surface area (Å²) in [5.74, 6) is -0.0634. The van der Waals surface area contributed by atoms with Gasteiger partial charge in [0.05, 0.1) is 11.6 Å². The van der Waals surface area contributed by atoms with Crippen LogP contribution in [0.15, 0.2) is 12.3 Å². The molecule has 2 aliphatic rings. The first-order valence-corrected chi connectivity index (χ1v) is 6.42. The van der Waals surface area contributed by atoms with Gasteiger partial charge in [0.1, 0.15) is 5.82 Å². The number of aromatic nitrogens is 2. The molecular formula is C13H17N3O2. The number of aryl methyl sites for hydroxylation is 1. The van der Waals surface area contributed by atoms with Gasteiger partial charge < -0.3 is 5.11 Å². The van der Waals surface area contributed by atoms with E-state index in [1.54, 1.807) is 6.20 Å². The van der Waals surface area contributed by atoms with Crippen LogP contribution >= 0.6 is 0 Å². The molecule has 1 aromatic rings. The van der Waals surface area contributed by atoms with Gasteiger partial charge in [-0.25, -0.2) is 9.97 Å². The van der Waals surface area contributed by atoms with E-state index in [2.05, 4.69) is 14.9 Å². The van der Waals surface area contributed by atoms with Crippen molar-refractivity contribution in [2.75, 3.05) is 0 Å². The molecule has 5 nitrogen and oxygen atoms in total. The zero-order chi connectivity index (χ0) is 12.7. The fourth-order valence-corrected chi connectivity index (χ4v) is 3.39. The van der Waals surface area contributed by atoms with Crippen LogP contribution in [0.25, 0.3) is 0 Å². The van der Waals surface area contributed by atoms with E-state index in [-0.39, 0.29) is 12.0 Å². The fraction of sp³-hybridized carbons (Fsp3) is 0.615. The van der Waals surface area contributed by atoms with E-state index in [1.807, 2.05) is 13.0 Å². The van der Waals surface area contributed by atoms with Crippen molar-refractivity contribution < 1.29 is 9.90 Å². The zero-order valence-corrected chi connectivity index (χ0v) is 10.4. The molecule has 0 aromatic carbocycles. The summed E-state index contributed by atoms with van der Waals surface area (Å²) in [5, 5.41) is 9.21. The van der Waals surface area contributed by atoms with Gasteiger partial charge in [0.2, 0.25) is 0 Å². The first-order valence-electron chi connectivity index (χ1n) is 6.42. The van der Waals surface area contributed by atoms with Gasteiger partial charge in [-0.15, -0.1) is 0 Å². The Balaban J connectivity index is 1.76. The van der Waals surface area contributed by atoms with E-state index >= 15 is 0 Å². The summed E-state index contributed by atoms with van der Waals surface area (Å²) in [6.07, 6.45) is 4.69. The van der Waals surface area contributed by atoms with Gasteiger partial charge in [0.25, 0.3) is 0 Å². The lowest BCUT2D eigenvalue weighted by Gasteiger charge is -2.22. The molecule has 0 radical (unpaired) electrons. The molecule has 2 saturated heterocycles. The summed E-state index contributed by atoms with van der Waals surface area (Å²) >= 11 is 0. The number of carbonyl (C=O) groups is 1. The highest BCUT2D eigenvalue weighted by molar-refractivity contribution is 5.71. The highest BCUT2D eigenvalue weighted by Crippen LogP contribution is 2.42.